The van der Waals surface area contributed by atoms with Crippen molar-refractivity contribution in [2.24, 2.45) is 0 Å². The molecule has 0 aromatic heterocycles. The number of halogens is 1. The quantitative estimate of drug-likeness (QED) is 0.581. The lowest BCUT2D eigenvalue weighted by molar-refractivity contribution is -0.120. The molecular formula is C14H20ClNO2. The Balaban J connectivity index is 2.12. The number of nitrogens with one attached hydrogen (secondary N) is 1. The maximum Gasteiger partial charge on any atom is 0.224 e. The Kier molecular flexibility index (Phi) is 7.46. The number of alkyl halides is 1. The van der Waals surface area contributed by atoms with E-state index in [2.05, 4.69) is 5.32 Å². The van der Waals surface area contributed by atoms with Gasteiger partial charge in [0, 0.05) is 19.0 Å². The summed E-state index contributed by atoms with van der Waals surface area (Å²) in [6, 6.07) is 8.00. The van der Waals surface area contributed by atoms with Crippen LogP contribution >= 0.6 is 11.6 Å². The molecule has 100 valence electrons. The average Bonchev–Trinajstić information content (AvgIpc) is 2.36. The lowest BCUT2D eigenvalue weighted by Gasteiger charge is -2.06. The number of rotatable bonds is 8. The highest BCUT2D eigenvalue weighted by Gasteiger charge is 2.02. The largest absolute Gasteiger partial charge is 0.380 e. The topological polar surface area (TPSA) is 38.3 Å². The van der Waals surface area contributed by atoms with Gasteiger partial charge in [0.15, 0.2) is 0 Å². The van der Waals surface area contributed by atoms with Gasteiger partial charge in [-0.1, -0.05) is 29.8 Å². The van der Waals surface area contributed by atoms with Gasteiger partial charge >= 0.3 is 0 Å². The molecule has 4 heteroatoms. The van der Waals surface area contributed by atoms with E-state index in [1.165, 1.54) is 5.56 Å². The van der Waals surface area contributed by atoms with Gasteiger partial charge in [0.1, 0.15) is 0 Å². The Hall–Kier alpha value is -1.06. The summed E-state index contributed by atoms with van der Waals surface area (Å²) in [5.74, 6) is 0.566. The van der Waals surface area contributed by atoms with Crippen molar-refractivity contribution in [2.45, 2.75) is 19.8 Å². The van der Waals surface area contributed by atoms with Crippen LogP contribution in [0.25, 0.3) is 0 Å². The number of hydrogen-bond donors (Lipinski definition) is 1. The molecule has 0 aliphatic rings. The van der Waals surface area contributed by atoms with Crippen LogP contribution in [0, 0.1) is 6.92 Å². The lowest BCUT2D eigenvalue weighted by atomic mass is 10.1. The van der Waals surface area contributed by atoms with E-state index in [-0.39, 0.29) is 5.91 Å². The Morgan fingerprint density at radius 3 is 2.67 bits per heavy atom. The second-order valence-electron chi connectivity index (χ2n) is 4.17. The second-order valence-corrected chi connectivity index (χ2v) is 4.55. The monoisotopic (exact) mass is 269 g/mol. The number of amides is 1. The highest BCUT2D eigenvalue weighted by molar-refractivity contribution is 6.17. The van der Waals surface area contributed by atoms with Gasteiger partial charge in [-0.2, -0.15) is 0 Å². The molecule has 0 aliphatic heterocycles. The minimum atomic E-state index is 0.0520. The van der Waals surface area contributed by atoms with E-state index in [0.717, 1.165) is 12.0 Å². The first-order chi connectivity index (χ1) is 8.72. The number of hydrogen-bond acceptors (Lipinski definition) is 2. The average molecular weight is 270 g/mol. The molecule has 1 amide bonds. The first-order valence-corrected chi connectivity index (χ1v) is 6.72. The molecule has 0 saturated heterocycles. The zero-order chi connectivity index (χ0) is 13.2. The Labute approximate surface area is 113 Å². The van der Waals surface area contributed by atoms with E-state index in [1.54, 1.807) is 0 Å². The van der Waals surface area contributed by atoms with Crippen LogP contribution in [0.15, 0.2) is 24.3 Å². The van der Waals surface area contributed by atoms with Gasteiger partial charge in [0.05, 0.1) is 13.0 Å². The van der Waals surface area contributed by atoms with E-state index in [9.17, 15) is 4.79 Å². The van der Waals surface area contributed by atoms with Gasteiger partial charge < -0.3 is 10.1 Å². The first kappa shape index (κ1) is 15.0. The standard InChI is InChI=1S/C14H20ClNO2/c1-12-3-5-13(6-4-12)11-14(17)16-8-2-9-18-10-7-15/h3-6H,2,7-11H2,1H3,(H,16,17). The van der Waals surface area contributed by atoms with Crippen molar-refractivity contribution >= 4 is 17.5 Å². The fraction of sp³-hybridized carbons (Fsp3) is 0.500. The molecule has 0 unspecified atom stereocenters. The Morgan fingerprint density at radius 1 is 1.28 bits per heavy atom. The SMILES string of the molecule is Cc1ccc(CC(=O)NCCCOCCCl)cc1. The van der Waals surface area contributed by atoms with Crippen LogP contribution in [0.5, 0.6) is 0 Å². The molecular weight excluding hydrogens is 250 g/mol. The van der Waals surface area contributed by atoms with Crippen LogP contribution in [0.2, 0.25) is 0 Å². The maximum atomic E-state index is 11.6. The molecule has 1 N–H and O–H groups in total. The molecule has 0 atom stereocenters. The first-order valence-electron chi connectivity index (χ1n) is 6.18. The molecule has 1 aromatic carbocycles. The molecule has 1 rings (SSSR count). The van der Waals surface area contributed by atoms with E-state index in [0.29, 0.717) is 32.1 Å². The van der Waals surface area contributed by atoms with Gasteiger partial charge in [-0.3, -0.25) is 4.79 Å². The molecule has 0 heterocycles. The summed E-state index contributed by atoms with van der Waals surface area (Å²) in [5.41, 5.74) is 2.24. The third-order valence-corrected chi connectivity index (χ3v) is 2.65. The van der Waals surface area contributed by atoms with Crippen molar-refractivity contribution in [1.82, 2.24) is 5.32 Å². The van der Waals surface area contributed by atoms with Gasteiger partial charge in [-0.15, -0.1) is 11.6 Å². The predicted octanol–water partition coefficient (Wildman–Crippen LogP) is 2.30. The molecule has 18 heavy (non-hydrogen) atoms. The van der Waals surface area contributed by atoms with Crippen LogP contribution in [0.4, 0.5) is 0 Å². The summed E-state index contributed by atoms with van der Waals surface area (Å²) in [5, 5.41) is 2.87. The summed E-state index contributed by atoms with van der Waals surface area (Å²) in [7, 11) is 0. The zero-order valence-corrected chi connectivity index (χ0v) is 11.5. The van der Waals surface area contributed by atoms with Crippen LogP contribution in [-0.4, -0.2) is 31.5 Å². The third kappa shape index (κ3) is 6.62. The lowest BCUT2D eigenvalue weighted by Crippen LogP contribution is -2.26. The van der Waals surface area contributed by atoms with Crippen molar-refractivity contribution in [3.8, 4) is 0 Å². The smallest absolute Gasteiger partial charge is 0.224 e. The number of carbonyl (C=O) groups is 1. The highest BCUT2D eigenvalue weighted by atomic mass is 35.5. The summed E-state index contributed by atoms with van der Waals surface area (Å²) >= 11 is 5.47. The predicted molar refractivity (Wildman–Crippen MR) is 74.0 cm³/mol. The van der Waals surface area contributed by atoms with Crippen LogP contribution in [0.3, 0.4) is 0 Å². The minimum Gasteiger partial charge on any atom is -0.380 e. The van der Waals surface area contributed by atoms with Gasteiger partial charge in [0.25, 0.3) is 0 Å². The van der Waals surface area contributed by atoms with E-state index in [4.69, 9.17) is 16.3 Å². The van der Waals surface area contributed by atoms with Gasteiger partial charge in [-0.05, 0) is 18.9 Å². The number of benzene rings is 1. The maximum absolute atomic E-state index is 11.6. The number of aryl methyl sites for hydroxylation is 1. The van der Waals surface area contributed by atoms with E-state index in [1.807, 2.05) is 31.2 Å². The number of carbonyl (C=O) groups excluding carboxylic acids is 1. The van der Waals surface area contributed by atoms with Gasteiger partial charge in [0.2, 0.25) is 5.91 Å². The molecule has 0 aliphatic carbocycles. The van der Waals surface area contributed by atoms with Crippen LogP contribution in [-0.2, 0) is 16.0 Å². The van der Waals surface area contributed by atoms with Crippen molar-refractivity contribution in [3.05, 3.63) is 35.4 Å². The fourth-order valence-corrected chi connectivity index (χ4v) is 1.62. The minimum absolute atomic E-state index is 0.0520. The van der Waals surface area contributed by atoms with E-state index < -0.39 is 0 Å². The molecule has 0 bridgehead atoms. The second kappa shape index (κ2) is 8.95. The fourth-order valence-electron chi connectivity index (χ4n) is 1.51. The summed E-state index contributed by atoms with van der Waals surface area (Å²) in [4.78, 5) is 11.6. The highest BCUT2D eigenvalue weighted by Crippen LogP contribution is 2.03. The van der Waals surface area contributed by atoms with Crippen molar-refractivity contribution < 1.29 is 9.53 Å². The molecule has 0 saturated carbocycles. The normalized spacial score (nSPS) is 10.3. The Bertz CT molecular complexity index is 351. The van der Waals surface area contributed by atoms with Crippen LogP contribution < -0.4 is 5.32 Å². The van der Waals surface area contributed by atoms with Crippen molar-refractivity contribution in [1.29, 1.82) is 0 Å². The van der Waals surface area contributed by atoms with E-state index >= 15 is 0 Å². The Morgan fingerprint density at radius 2 is 2.00 bits per heavy atom. The number of ether oxygens (including phenoxy) is 1. The molecule has 3 nitrogen and oxygen atoms in total. The van der Waals surface area contributed by atoms with Gasteiger partial charge in [-0.25, -0.2) is 0 Å². The van der Waals surface area contributed by atoms with Crippen molar-refractivity contribution in [2.75, 3.05) is 25.6 Å². The molecule has 1 aromatic rings. The summed E-state index contributed by atoms with van der Waals surface area (Å²) < 4.78 is 5.21. The summed E-state index contributed by atoms with van der Waals surface area (Å²) in [6.07, 6.45) is 1.25. The van der Waals surface area contributed by atoms with Crippen LogP contribution in [0.1, 0.15) is 17.5 Å². The molecule has 0 fully saturated rings. The zero-order valence-electron chi connectivity index (χ0n) is 10.7. The molecule has 0 radical (unpaired) electrons. The molecule has 0 spiro atoms. The third-order valence-electron chi connectivity index (χ3n) is 2.49. The summed E-state index contributed by atoms with van der Waals surface area (Å²) in [6.45, 7) is 3.88. The van der Waals surface area contributed by atoms with Crippen molar-refractivity contribution in [3.63, 3.8) is 0 Å².